The van der Waals surface area contributed by atoms with E-state index in [0.717, 1.165) is 25.5 Å². The fraction of sp³-hybridized carbons (Fsp3) is 0.800. The summed E-state index contributed by atoms with van der Waals surface area (Å²) in [6.45, 7) is 4.10. The second kappa shape index (κ2) is 40.8. The van der Waals surface area contributed by atoms with Crippen molar-refractivity contribution in [2.45, 2.75) is 44.9 Å². The lowest BCUT2D eigenvalue weighted by Gasteiger charge is -2.09. The molecule has 6 N–H and O–H groups in total. The Morgan fingerprint density at radius 3 is 1.07 bits per heavy atom. The van der Waals surface area contributed by atoms with Gasteiger partial charge in [0.2, 0.25) is 29.5 Å². The Kier molecular flexibility index (Phi) is 38.0. The van der Waals surface area contributed by atoms with Crippen LogP contribution in [0.2, 0.25) is 0 Å². The third kappa shape index (κ3) is 41.3. The van der Waals surface area contributed by atoms with Crippen molar-refractivity contribution in [2.75, 3.05) is 138 Å². The number of amides is 5. The molecular weight excluding hydrogens is 746 g/mol. The molecule has 0 saturated carbocycles. The minimum absolute atomic E-state index is 0.0511. The van der Waals surface area contributed by atoms with Crippen molar-refractivity contribution in [3.63, 3.8) is 0 Å². The van der Waals surface area contributed by atoms with Gasteiger partial charge in [0, 0.05) is 52.0 Å². The van der Waals surface area contributed by atoms with Crippen LogP contribution in [0.15, 0.2) is 0 Å². The fourth-order valence-electron chi connectivity index (χ4n) is 4.04. The zero-order valence-corrected chi connectivity index (χ0v) is 32.4. The van der Waals surface area contributed by atoms with Gasteiger partial charge in [-0.3, -0.25) is 28.8 Å². The van der Waals surface area contributed by atoms with Gasteiger partial charge < -0.3 is 74.4 Å². The van der Waals surface area contributed by atoms with Crippen LogP contribution >= 0.6 is 0 Å². The molecule has 0 atom stereocenters. The zero-order valence-electron chi connectivity index (χ0n) is 32.4. The molecule has 0 radical (unpaired) electrons. The molecule has 0 aromatic rings. The second-order valence-corrected chi connectivity index (χ2v) is 11.7. The first-order valence-electron chi connectivity index (χ1n) is 18.9. The van der Waals surface area contributed by atoms with Crippen molar-refractivity contribution in [2.24, 2.45) is 0 Å². The monoisotopic (exact) mass is 809 g/mol. The van der Waals surface area contributed by atoms with Crippen molar-refractivity contribution in [1.29, 1.82) is 0 Å². The third-order valence-electron chi connectivity index (χ3n) is 6.81. The van der Waals surface area contributed by atoms with Crippen LogP contribution in [0, 0.1) is 0 Å². The van der Waals surface area contributed by atoms with Crippen molar-refractivity contribution >= 4 is 41.8 Å². The number of carboxylic acids is 1. The number of carbonyl (C=O) groups excluding carboxylic acids is 6. The van der Waals surface area contributed by atoms with Crippen molar-refractivity contribution in [3.8, 4) is 0 Å². The third-order valence-corrected chi connectivity index (χ3v) is 6.81. The van der Waals surface area contributed by atoms with Crippen molar-refractivity contribution in [1.82, 2.24) is 26.6 Å². The first-order chi connectivity index (χ1) is 27.2. The van der Waals surface area contributed by atoms with Crippen LogP contribution < -0.4 is 26.6 Å². The highest BCUT2D eigenvalue weighted by Gasteiger charge is 2.06. The Morgan fingerprint density at radius 2 is 0.714 bits per heavy atom. The first-order valence-corrected chi connectivity index (χ1v) is 18.9. The average molecular weight is 810 g/mol. The van der Waals surface area contributed by atoms with Gasteiger partial charge in [0.1, 0.15) is 32.7 Å². The smallest absolute Gasteiger partial charge is 0.303 e. The minimum atomic E-state index is -0.938. The van der Waals surface area contributed by atoms with E-state index in [4.69, 9.17) is 43.0 Å². The molecule has 0 rings (SSSR count). The lowest BCUT2D eigenvalue weighted by Crippen LogP contribution is -2.32. The molecule has 324 valence electrons. The van der Waals surface area contributed by atoms with E-state index in [9.17, 15) is 33.6 Å². The topological polar surface area (TPSA) is 274 Å². The van der Waals surface area contributed by atoms with Gasteiger partial charge in [-0.15, -0.1) is 0 Å². The van der Waals surface area contributed by atoms with E-state index >= 15 is 0 Å². The molecule has 0 aliphatic rings. The number of carboxylic acid groups (broad SMARTS) is 1. The van der Waals surface area contributed by atoms with E-state index in [1.54, 1.807) is 0 Å². The number of ether oxygens (including phenoxy) is 8. The Bertz CT molecular complexity index is 1060. The maximum absolute atomic E-state index is 11.8. The number of aliphatic carboxylic acids is 1. The summed E-state index contributed by atoms with van der Waals surface area (Å²) in [7, 11) is 0. The van der Waals surface area contributed by atoms with Gasteiger partial charge in [-0.25, -0.2) is 0 Å². The molecule has 0 aliphatic carbocycles. The second-order valence-electron chi connectivity index (χ2n) is 11.7. The van der Waals surface area contributed by atoms with Gasteiger partial charge in [0.25, 0.3) is 0 Å². The normalized spacial score (nSPS) is 10.8. The van der Waals surface area contributed by atoms with Crippen LogP contribution in [0.1, 0.15) is 44.9 Å². The van der Waals surface area contributed by atoms with Crippen molar-refractivity contribution < 1.29 is 76.6 Å². The highest BCUT2D eigenvalue weighted by atomic mass is 16.5. The summed E-state index contributed by atoms with van der Waals surface area (Å²) in [4.78, 5) is 79.2. The molecule has 0 bridgehead atoms. The quantitative estimate of drug-likeness (QED) is 0.0280. The molecule has 21 nitrogen and oxygen atoms in total. The molecule has 0 aromatic carbocycles. The van der Waals surface area contributed by atoms with Crippen LogP contribution in [0.5, 0.6) is 0 Å². The summed E-state index contributed by atoms with van der Waals surface area (Å²) in [5.74, 6) is -2.31. The largest absolute Gasteiger partial charge is 0.481 e. The number of aldehydes is 1. The Hall–Kier alpha value is -3.83. The van der Waals surface area contributed by atoms with E-state index < -0.39 is 5.97 Å². The molecule has 0 heterocycles. The molecule has 0 fully saturated rings. The summed E-state index contributed by atoms with van der Waals surface area (Å²) in [6, 6.07) is 0. The average Bonchev–Trinajstić information content (AvgIpc) is 3.17. The highest BCUT2D eigenvalue weighted by molar-refractivity contribution is 5.78. The summed E-state index contributed by atoms with van der Waals surface area (Å²) in [5.41, 5.74) is 0. The van der Waals surface area contributed by atoms with Gasteiger partial charge >= 0.3 is 5.97 Å². The number of unbranched alkanes of at least 4 members (excludes halogenated alkanes) is 3. The molecule has 0 spiro atoms. The molecule has 0 aromatic heterocycles. The van der Waals surface area contributed by atoms with Gasteiger partial charge in [-0.05, 0) is 19.3 Å². The maximum Gasteiger partial charge on any atom is 0.303 e. The molecule has 21 heteroatoms. The molecule has 0 unspecified atom stereocenters. The number of nitrogens with one attached hydrogen (secondary N) is 5. The van der Waals surface area contributed by atoms with Crippen LogP contribution in [-0.4, -0.2) is 185 Å². The van der Waals surface area contributed by atoms with Crippen LogP contribution in [0.3, 0.4) is 0 Å². The van der Waals surface area contributed by atoms with Crippen LogP contribution in [-0.2, 0) is 71.5 Å². The highest BCUT2D eigenvalue weighted by Crippen LogP contribution is 1.96. The predicted molar refractivity (Wildman–Crippen MR) is 198 cm³/mol. The number of carbonyl (C=O) groups is 7. The fourth-order valence-corrected chi connectivity index (χ4v) is 4.04. The van der Waals surface area contributed by atoms with E-state index in [2.05, 4.69) is 26.6 Å². The van der Waals surface area contributed by atoms with Gasteiger partial charge in [-0.2, -0.15) is 0 Å². The summed E-state index contributed by atoms with van der Waals surface area (Å²) in [6.07, 6.45) is 4.33. The number of hydrogen-bond donors (Lipinski definition) is 6. The number of rotatable bonds is 42. The van der Waals surface area contributed by atoms with Crippen LogP contribution in [0.25, 0.3) is 0 Å². The summed E-state index contributed by atoms with van der Waals surface area (Å²) >= 11 is 0. The standard InChI is InChI=1S/C35H63N5O16/c41-13-4-2-1-3-8-36-31(43)26-53-22-19-50-15-10-38-33(45)28-55-24-21-52-17-12-40-34(46)29-56-25-20-51-16-11-39-32(44)27-54-23-18-49-14-9-37-30(42)6-5-7-35(47)48/h13H,1-12,14-29H2,(H,36,43)(H,37,42)(H,38,45)(H,39,44)(H,40,46)(H,47,48). The van der Waals surface area contributed by atoms with Gasteiger partial charge in [0.15, 0.2) is 0 Å². The first kappa shape index (κ1) is 52.2. The van der Waals surface area contributed by atoms with E-state index in [1.165, 1.54) is 0 Å². The van der Waals surface area contributed by atoms with Gasteiger partial charge in [0.05, 0.1) is 79.3 Å². The lowest BCUT2D eigenvalue weighted by molar-refractivity contribution is -0.137. The predicted octanol–water partition coefficient (Wildman–Crippen LogP) is -2.29. The number of hydrogen-bond acceptors (Lipinski definition) is 15. The van der Waals surface area contributed by atoms with E-state index in [1.807, 2.05) is 0 Å². The molecular formula is C35H63N5O16. The molecule has 5 amide bonds. The summed E-state index contributed by atoms with van der Waals surface area (Å²) < 4.78 is 42.3. The van der Waals surface area contributed by atoms with E-state index in [0.29, 0.717) is 26.1 Å². The van der Waals surface area contributed by atoms with Crippen LogP contribution in [0.4, 0.5) is 0 Å². The van der Waals surface area contributed by atoms with Gasteiger partial charge in [-0.1, -0.05) is 6.42 Å². The zero-order chi connectivity index (χ0) is 41.2. The molecule has 0 aliphatic heterocycles. The molecule has 0 saturated heterocycles. The Morgan fingerprint density at radius 1 is 0.375 bits per heavy atom. The minimum Gasteiger partial charge on any atom is -0.481 e. The Balaban J connectivity index is 3.38. The SMILES string of the molecule is O=CCCCCCNC(=O)COCCOCCNC(=O)COCCOCCNC(=O)COCCOCCNC(=O)COCCOCCNC(=O)CCCC(=O)O. The van der Waals surface area contributed by atoms with Crippen molar-refractivity contribution in [3.05, 3.63) is 0 Å². The maximum atomic E-state index is 11.8. The van der Waals surface area contributed by atoms with E-state index in [-0.39, 0.29) is 168 Å². The Labute approximate surface area is 328 Å². The summed E-state index contributed by atoms with van der Waals surface area (Å²) in [5, 5.41) is 21.9. The molecule has 56 heavy (non-hydrogen) atoms. The lowest BCUT2D eigenvalue weighted by atomic mass is 10.2.